The number of fused-ring (bicyclic) bond motifs is 1. The number of hydrogen-bond donors (Lipinski definition) is 1. The number of hydrogen-bond acceptors (Lipinski definition) is 5. The fourth-order valence-corrected chi connectivity index (χ4v) is 2.55. The Morgan fingerprint density at radius 1 is 1.21 bits per heavy atom. The first kappa shape index (κ1) is 11.9. The van der Waals surface area contributed by atoms with Crippen molar-refractivity contribution < 1.29 is 4.74 Å². The van der Waals surface area contributed by atoms with Gasteiger partial charge in [0.15, 0.2) is 0 Å². The molecule has 96 valence electrons. The summed E-state index contributed by atoms with van der Waals surface area (Å²) < 4.78 is 5.37. The van der Waals surface area contributed by atoms with E-state index in [1.54, 1.807) is 24.6 Å². The second-order valence-electron chi connectivity index (χ2n) is 4.05. The minimum Gasteiger partial charge on any atom is -0.496 e. The molecular weight excluding hydrogens is 258 g/mol. The Hall–Kier alpha value is -2.14. The Labute approximate surface area is 115 Å². The normalized spacial score (nSPS) is 10.6. The molecule has 0 fully saturated rings. The summed E-state index contributed by atoms with van der Waals surface area (Å²) in [5.41, 5.74) is 2.85. The first-order chi connectivity index (χ1) is 9.38. The van der Waals surface area contributed by atoms with Crippen molar-refractivity contribution in [3.05, 3.63) is 47.0 Å². The summed E-state index contributed by atoms with van der Waals surface area (Å²) in [5.74, 6) is 1.71. The summed E-state index contributed by atoms with van der Waals surface area (Å²) in [6.07, 6.45) is 1.79. The van der Waals surface area contributed by atoms with E-state index in [0.29, 0.717) is 6.54 Å². The van der Waals surface area contributed by atoms with Crippen LogP contribution in [0.5, 0.6) is 5.75 Å². The van der Waals surface area contributed by atoms with Gasteiger partial charge in [0.2, 0.25) is 0 Å². The molecular formula is C14H13N3OS. The van der Waals surface area contributed by atoms with Crippen LogP contribution in [0.25, 0.3) is 10.8 Å². The van der Waals surface area contributed by atoms with E-state index in [0.717, 1.165) is 28.0 Å². The molecule has 19 heavy (non-hydrogen) atoms. The predicted molar refractivity (Wildman–Crippen MR) is 77.7 cm³/mol. The first-order valence-corrected chi connectivity index (χ1v) is 6.85. The average Bonchev–Trinajstić information content (AvgIpc) is 2.97. The molecule has 0 unspecified atom stereocenters. The molecule has 0 atom stereocenters. The number of nitrogens with one attached hydrogen (secondary N) is 1. The van der Waals surface area contributed by atoms with Crippen LogP contribution in [-0.4, -0.2) is 17.1 Å². The molecule has 0 aliphatic rings. The van der Waals surface area contributed by atoms with E-state index in [9.17, 15) is 0 Å². The van der Waals surface area contributed by atoms with Crippen molar-refractivity contribution in [3.8, 4) is 5.75 Å². The lowest BCUT2D eigenvalue weighted by Gasteiger charge is -2.10. The molecule has 0 bridgehead atoms. The van der Waals surface area contributed by atoms with E-state index < -0.39 is 0 Å². The Balaban J connectivity index is 1.95. The number of nitrogens with zero attached hydrogens (tertiary/aromatic N) is 2. The Bertz CT molecular complexity index is 682. The Morgan fingerprint density at radius 3 is 2.95 bits per heavy atom. The lowest BCUT2D eigenvalue weighted by molar-refractivity contribution is 0.420. The highest BCUT2D eigenvalue weighted by Gasteiger charge is 2.06. The predicted octanol–water partition coefficient (Wildman–Crippen LogP) is 3.31. The molecule has 5 heteroatoms. The van der Waals surface area contributed by atoms with Gasteiger partial charge in [0.25, 0.3) is 0 Å². The third kappa shape index (κ3) is 2.37. The van der Waals surface area contributed by atoms with Crippen LogP contribution in [0.3, 0.4) is 0 Å². The van der Waals surface area contributed by atoms with E-state index in [1.165, 1.54) is 0 Å². The largest absolute Gasteiger partial charge is 0.496 e. The lowest BCUT2D eigenvalue weighted by atomic mass is 10.1. The molecule has 2 aromatic heterocycles. The van der Waals surface area contributed by atoms with Gasteiger partial charge in [-0.15, -0.1) is 11.3 Å². The molecule has 0 spiro atoms. The van der Waals surface area contributed by atoms with Crippen molar-refractivity contribution in [3.63, 3.8) is 0 Å². The fraction of sp³-hybridized carbons (Fsp3) is 0.143. The van der Waals surface area contributed by atoms with Crippen LogP contribution in [0, 0.1) is 0 Å². The topological polar surface area (TPSA) is 47.0 Å². The Kier molecular flexibility index (Phi) is 3.29. The van der Waals surface area contributed by atoms with Gasteiger partial charge in [0, 0.05) is 22.3 Å². The number of benzene rings is 1. The molecule has 0 radical (unpaired) electrons. The van der Waals surface area contributed by atoms with Crippen LogP contribution >= 0.6 is 11.3 Å². The van der Waals surface area contributed by atoms with Crippen LogP contribution < -0.4 is 10.1 Å². The highest BCUT2D eigenvalue weighted by molar-refractivity contribution is 7.07. The number of ether oxygens (including phenoxy) is 1. The van der Waals surface area contributed by atoms with Crippen LogP contribution in [0.15, 0.2) is 41.4 Å². The van der Waals surface area contributed by atoms with Crippen molar-refractivity contribution >= 4 is 27.9 Å². The summed E-state index contributed by atoms with van der Waals surface area (Å²) in [5, 5.41) is 7.45. The van der Waals surface area contributed by atoms with E-state index in [1.807, 2.05) is 35.2 Å². The molecule has 3 aromatic rings. The van der Waals surface area contributed by atoms with Gasteiger partial charge in [-0.3, -0.25) is 0 Å². The van der Waals surface area contributed by atoms with E-state index in [4.69, 9.17) is 4.74 Å². The quantitative estimate of drug-likeness (QED) is 0.790. The molecule has 0 aliphatic carbocycles. The molecule has 0 saturated heterocycles. The standard InChI is InChI=1S/C14H13N3OS/c1-18-13-4-2-3-12-11(13)5-6-15-14(12)16-7-10-8-19-9-17-10/h2-6,8-9H,7H2,1H3,(H,15,16). The van der Waals surface area contributed by atoms with Gasteiger partial charge < -0.3 is 10.1 Å². The van der Waals surface area contributed by atoms with E-state index in [2.05, 4.69) is 15.3 Å². The average molecular weight is 271 g/mol. The van der Waals surface area contributed by atoms with Crippen molar-refractivity contribution in [2.75, 3.05) is 12.4 Å². The van der Waals surface area contributed by atoms with Gasteiger partial charge in [-0.2, -0.15) is 0 Å². The number of methoxy groups -OCH3 is 1. The van der Waals surface area contributed by atoms with Crippen LogP contribution in [0.4, 0.5) is 5.82 Å². The summed E-state index contributed by atoms with van der Waals surface area (Å²) in [4.78, 5) is 8.64. The lowest BCUT2D eigenvalue weighted by Crippen LogP contribution is -2.02. The molecule has 4 nitrogen and oxygen atoms in total. The number of thiazole rings is 1. The van der Waals surface area contributed by atoms with Crippen LogP contribution in [0.1, 0.15) is 5.69 Å². The second kappa shape index (κ2) is 5.24. The maximum atomic E-state index is 5.37. The third-order valence-corrected chi connectivity index (χ3v) is 3.54. The molecule has 3 rings (SSSR count). The first-order valence-electron chi connectivity index (χ1n) is 5.91. The SMILES string of the molecule is COc1cccc2c(NCc3cscn3)nccc12. The van der Waals surface area contributed by atoms with Gasteiger partial charge >= 0.3 is 0 Å². The van der Waals surface area contributed by atoms with Gasteiger partial charge in [-0.05, 0) is 12.1 Å². The molecule has 2 heterocycles. The number of aromatic nitrogens is 2. The maximum absolute atomic E-state index is 5.37. The fourth-order valence-electron chi connectivity index (χ4n) is 2.00. The zero-order valence-electron chi connectivity index (χ0n) is 10.5. The summed E-state index contributed by atoms with van der Waals surface area (Å²) >= 11 is 1.59. The van der Waals surface area contributed by atoms with Gasteiger partial charge in [0.05, 0.1) is 24.9 Å². The van der Waals surface area contributed by atoms with Crippen LogP contribution in [0.2, 0.25) is 0 Å². The summed E-state index contributed by atoms with van der Waals surface area (Å²) in [6.45, 7) is 0.673. The highest BCUT2D eigenvalue weighted by atomic mass is 32.1. The van der Waals surface area contributed by atoms with Crippen molar-refractivity contribution in [2.24, 2.45) is 0 Å². The summed E-state index contributed by atoms with van der Waals surface area (Å²) in [7, 11) is 1.68. The third-order valence-electron chi connectivity index (χ3n) is 2.91. The van der Waals surface area contributed by atoms with Crippen molar-refractivity contribution in [1.82, 2.24) is 9.97 Å². The molecule has 1 N–H and O–H groups in total. The van der Waals surface area contributed by atoms with Gasteiger partial charge in [-0.1, -0.05) is 12.1 Å². The number of pyridine rings is 1. The summed E-state index contributed by atoms with van der Waals surface area (Å²) in [6, 6.07) is 7.92. The minimum absolute atomic E-state index is 0.673. The Morgan fingerprint density at radius 2 is 2.16 bits per heavy atom. The van der Waals surface area contributed by atoms with Crippen molar-refractivity contribution in [2.45, 2.75) is 6.54 Å². The monoisotopic (exact) mass is 271 g/mol. The number of rotatable bonds is 4. The molecule has 0 saturated carbocycles. The van der Waals surface area contributed by atoms with E-state index >= 15 is 0 Å². The minimum atomic E-state index is 0.673. The number of anilines is 1. The molecule has 0 amide bonds. The highest BCUT2D eigenvalue weighted by Crippen LogP contribution is 2.29. The van der Waals surface area contributed by atoms with E-state index in [-0.39, 0.29) is 0 Å². The van der Waals surface area contributed by atoms with Gasteiger partial charge in [0.1, 0.15) is 11.6 Å². The molecule has 1 aromatic carbocycles. The van der Waals surface area contributed by atoms with Gasteiger partial charge in [-0.25, -0.2) is 9.97 Å². The van der Waals surface area contributed by atoms with Crippen LogP contribution in [-0.2, 0) is 6.54 Å². The zero-order valence-corrected chi connectivity index (χ0v) is 11.3. The molecule has 0 aliphatic heterocycles. The smallest absolute Gasteiger partial charge is 0.134 e. The second-order valence-corrected chi connectivity index (χ2v) is 4.77. The maximum Gasteiger partial charge on any atom is 0.134 e. The zero-order chi connectivity index (χ0) is 13.1. The van der Waals surface area contributed by atoms with Crippen molar-refractivity contribution in [1.29, 1.82) is 0 Å².